The summed E-state index contributed by atoms with van der Waals surface area (Å²) < 4.78 is 40.3. The molecule has 0 unspecified atom stereocenters. The fraction of sp³-hybridized carbons (Fsp3) is 0.130. The first-order valence-electron chi connectivity index (χ1n) is 18.1. The van der Waals surface area contributed by atoms with Gasteiger partial charge in [-0.05, 0) is 128 Å². The highest BCUT2D eigenvalue weighted by atomic mass is 16.6. The maximum Gasteiger partial charge on any atom is 0.343 e. The summed E-state index contributed by atoms with van der Waals surface area (Å²) in [5.74, 6) is -0.434. The summed E-state index contributed by atoms with van der Waals surface area (Å²) in [5.41, 5.74) is 2.86. The number of methoxy groups -OCH3 is 1. The second kappa shape index (κ2) is 17.0. The van der Waals surface area contributed by atoms with Gasteiger partial charge in [0.1, 0.15) is 53.0 Å². The zero-order valence-electron chi connectivity index (χ0n) is 31.2. The number of benzene rings is 6. The molecule has 0 bridgehead atoms. The van der Waals surface area contributed by atoms with Crippen molar-refractivity contribution in [1.29, 1.82) is 0 Å². The Balaban J connectivity index is 1.10. The molecule has 0 N–H and O–H groups in total. The Morgan fingerprint density at radius 1 is 0.526 bits per heavy atom. The number of aryl methyl sites for hydroxylation is 1. The van der Waals surface area contributed by atoms with Crippen LogP contribution in [0.3, 0.4) is 0 Å². The predicted octanol–water partition coefficient (Wildman–Crippen LogP) is 8.96. The summed E-state index contributed by atoms with van der Waals surface area (Å²) in [4.78, 5) is 52.4. The third kappa shape index (κ3) is 8.79. The number of rotatable bonds is 10. The van der Waals surface area contributed by atoms with Crippen LogP contribution in [0.2, 0.25) is 0 Å². The van der Waals surface area contributed by atoms with E-state index in [-0.39, 0.29) is 46.8 Å². The monoisotopic (exact) mass is 764 g/mol. The van der Waals surface area contributed by atoms with Crippen molar-refractivity contribution in [2.45, 2.75) is 26.4 Å². The molecule has 1 atom stereocenters. The van der Waals surface area contributed by atoms with Crippen LogP contribution in [0, 0.1) is 0 Å². The molecule has 6 aromatic rings. The minimum atomic E-state index is -0.706. The zero-order valence-corrected chi connectivity index (χ0v) is 31.2. The van der Waals surface area contributed by atoms with Gasteiger partial charge >= 0.3 is 23.9 Å². The molecule has 0 amide bonds. The van der Waals surface area contributed by atoms with Crippen molar-refractivity contribution in [2.75, 3.05) is 13.7 Å². The first kappa shape index (κ1) is 37.9. The molecule has 1 aliphatic heterocycles. The van der Waals surface area contributed by atoms with Crippen molar-refractivity contribution in [3.8, 4) is 51.4 Å². The Labute approximate surface area is 328 Å². The van der Waals surface area contributed by atoms with Gasteiger partial charge in [0.2, 0.25) is 0 Å². The molecule has 7 rings (SSSR count). The van der Waals surface area contributed by atoms with E-state index in [1.165, 1.54) is 55.6 Å². The topological polar surface area (TPSA) is 133 Å². The predicted molar refractivity (Wildman–Crippen MR) is 209 cm³/mol. The molecule has 0 aliphatic carbocycles. The maximum atomic E-state index is 13.6. The third-order valence-electron chi connectivity index (χ3n) is 8.96. The second-order valence-electron chi connectivity index (χ2n) is 12.9. The Morgan fingerprint density at radius 2 is 0.930 bits per heavy atom. The van der Waals surface area contributed by atoms with E-state index in [2.05, 4.69) is 0 Å². The molecule has 286 valence electrons. The van der Waals surface area contributed by atoms with E-state index in [1.54, 1.807) is 72.8 Å². The van der Waals surface area contributed by atoms with Gasteiger partial charge in [0.15, 0.2) is 0 Å². The van der Waals surface area contributed by atoms with Crippen molar-refractivity contribution in [1.82, 2.24) is 0 Å². The van der Waals surface area contributed by atoms with Crippen LogP contribution >= 0.6 is 0 Å². The van der Waals surface area contributed by atoms with E-state index >= 15 is 0 Å². The zero-order chi connectivity index (χ0) is 39.9. The lowest BCUT2D eigenvalue weighted by atomic mass is 10.00. The number of fused-ring (bicyclic) bond motifs is 3. The van der Waals surface area contributed by atoms with Gasteiger partial charge in [-0.1, -0.05) is 31.2 Å². The van der Waals surface area contributed by atoms with Gasteiger partial charge in [0, 0.05) is 0 Å². The summed E-state index contributed by atoms with van der Waals surface area (Å²) in [6, 6.07) is 35.6. The van der Waals surface area contributed by atoms with E-state index in [4.69, 9.17) is 33.2 Å². The van der Waals surface area contributed by atoms with E-state index < -0.39 is 23.9 Å². The first-order chi connectivity index (χ1) is 27.7. The number of carbonyl (C=O) groups is 4. The Hall–Kier alpha value is -7.40. The second-order valence-corrected chi connectivity index (χ2v) is 12.9. The lowest BCUT2D eigenvalue weighted by Gasteiger charge is -2.26. The number of ether oxygens (including phenoxy) is 7. The number of hydrogen-bond acceptors (Lipinski definition) is 11. The average molecular weight is 765 g/mol. The van der Waals surface area contributed by atoms with E-state index in [9.17, 15) is 19.2 Å². The Bertz CT molecular complexity index is 2420. The van der Waals surface area contributed by atoms with Crippen molar-refractivity contribution in [3.05, 3.63) is 161 Å². The Morgan fingerprint density at radius 3 is 1.39 bits per heavy atom. The summed E-state index contributed by atoms with van der Waals surface area (Å²) in [5, 5.41) is 0. The number of carbonyl (C=O) groups excluding carboxylic acids is 4. The van der Waals surface area contributed by atoms with E-state index in [0.717, 1.165) is 12.0 Å². The third-order valence-corrected chi connectivity index (χ3v) is 8.96. The van der Waals surface area contributed by atoms with Crippen LogP contribution in [0.25, 0.3) is 11.1 Å². The normalized spacial score (nSPS) is 12.9. The van der Waals surface area contributed by atoms with Crippen molar-refractivity contribution < 1.29 is 52.3 Å². The SMILES string of the molecule is CCc1ccc(C(=O)Oc2ccc(C(=O)Oc3cccc4c3-c3c(OC(=O)c5ccc(OC(=O)c6ccc(OC)cc6)cc5)cccc3O[C@H](C)CO4)cc2)cc1. The van der Waals surface area contributed by atoms with Crippen LogP contribution in [0.5, 0.6) is 40.2 Å². The van der Waals surface area contributed by atoms with Crippen LogP contribution < -0.4 is 33.2 Å². The highest BCUT2D eigenvalue weighted by Crippen LogP contribution is 2.49. The quantitative estimate of drug-likeness (QED) is 0.0978. The molecule has 11 heteroatoms. The van der Waals surface area contributed by atoms with Crippen LogP contribution in [-0.2, 0) is 6.42 Å². The minimum absolute atomic E-state index is 0.116. The van der Waals surface area contributed by atoms with Gasteiger partial charge in [-0.15, -0.1) is 0 Å². The summed E-state index contributed by atoms with van der Waals surface area (Å²) >= 11 is 0. The highest BCUT2D eigenvalue weighted by molar-refractivity contribution is 5.97. The lowest BCUT2D eigenvalue weighted by Crippen LogP contribution is -2.23. The van der Waals surface area contributed by atoms with Gasteiger partial charge in [-0.3, -0.25) is 0 Å². The van der Waals surface area contributed by atoms with Gasteiger partial charge < -0.3 is 33.2 Å². The maximum absolute atomic E-state index is 13.6. The summed E-state index contributed by atoms with van der Waals surface area (Å²) in [7, 11) is 1.53. The van der Waals surface area contributed by atoms with Gasteiger partial charge in [0.05, 0.1) is 40.5 Å². The fourth-order valence-electron chi connectivity index (χ4n) is 5.93. The van der Waals surface area contributed by atoms with Crippen LogP contribution in [0.15, 0.2) is 133 Å². The summed E-state index contributed by atoms with van der Waals surface area (Å²) in [6.07, 6.45) is 0.468. The standard InChI is InChI=1S/C46H36O11/c1-4-29-11-13-30(14-12-29)43(47)54-35-23-17-32(18-24-35)45(49)56-39-9-5-7-37-41(39)42-38(53-28(2)27-52-37)8-6-10-40(42)57-46(50)33-19-25-36(26-20-33)55-44(48)31-15-21-34(51-3)22-16-31/h5-26,28H,4,27H2,1-3H3/t28-/m1/s1. The first-order valence-corrected chi connectivity index (χ1v) is 18.1. The minimum Gasteiger partial charge on any atom is -0.497 e. The molecule has 0 spiro atoms. The van der Waals surface area contributed by atoms with Crippen molar-refractivity contribution in [2.24, 2.45) is 0 Å². The smallest absolute Gasteiger partial charge is 0.343 e. The molecular formula is C46H36O11. The van der Waals surface area contributed by atoms with Gasteiger partial charge in [-0.2, -0.15) is 0 Å². The van der Waals surface area contributed by atoms with E-state index in [0.29, 0.717) is 39.5 Å². The van der Waals surface area contributed by atoms with E-state index in [1.807, 2.05) is 26.0 Å². The number of esters is 4. The molecule has 0 radical (unpaired) electrons. The fourth-order valence-corrected chi connectivity index (χ4v) is 5.93. The Kier molecular flexibility index (Phi) is 11.3. The number of hydrogen-bond donors (Lipinski definition) is 0. The van der Waals surface area contributed by atoms with Crippen molar-refractivity contribution >= 4 is 23.9 Å². The molecule has 0 fully saturated rings. The molecule has 11 nitrogen and oxygen atoms in total. The van der Waals surface area contributed by atoms with Crippen LogP contribution in [0.4, 0.5) is 0 Å². The molecule has 0 aromatic heterocycles. The molecule has 1 aliphatic rings. The summed E-state index contributed by atoms with van der Waals surface area (Å²) in [6.45, 7) is 4.05. The molecule has 0 saturated carbocycles. The average Bonchev–Trinajstić information content (AvgIpc) is 3.23. The van der Waals surface area contributed by atoms with Gasteiger partial charge in [0.25, 0.3) is 0 Å². The largest absolute Gasteiger partial charge is 0.497 e. The van der Waals surface area contributed by atoms with Crippen molar-refractivity contribution in [3.63, 3.8) is 0 Å². The highest BCUT2D eigenvalue weighted by Gasteiger charge is 2.28. The molecule has 57 heavy (non-hydrogen) atoms. The lowest BCUT2D eigenvalue weighted by molar-refractivity contribution is 0.0717. The molecule has 1 heterocycles. The molecular weight excluding hydrogens is 728 g/mol. The van der Waals surface area contributed by atoms with Crippen LogP contribution in [-0.4, -0.2) is 43.7 Å². The van der Waals surface area contributed by atoms with Gasteiger partial charge in [-0.25, -0.2) is 19.2 Å². The molecule has 0 saturated heterocycles. The van der Waals surface area contributed by atoms with Crippen LogP contribution in [0.1, 0.15) is 60.8 Å². The molecule has 6 aromatic carbocycles.